The van der Waals surface area contributed by atoms with E-state index >= 15 is 0 Å². The molecule has 0 fully saturated rings. The maximum absolute atomic E-state index is 12.1. The molecule has 0 atom stereocenters. The molecule has 0 radical (unpaired) electrons. The van der Waals surface area contributed by atoms with Crippen LogP contribution in [0.5, 0.6) is 0 Å². The van der Waals surface area contributed by atoms with E-state index in [0.717, 1.165) is 9.13 Å². The van der Waals surface area contributed by atoms with Gasteiger partial charge in [-0.15, -0.1) is 0 Å². The van der Waals surface area contributed by atoms with Gasteiger partial charge in [-0.2, -0.15) is 0 Å². The summed E-state index contributed by atoms with van der Waals surface area (Å²) < 4.78 is 1.99. The van der Waals surface area contributed by atoms with Crippen molar-refractivity contribution < 1.29 is 0 Å². The Morgan fingerprint density at radius 2 is 1.18 bits per heavy atom. The summed E-state index contributed by atoms with van der Waals surface area (Å²) in [6, 6.07) is 2.65. The highest BCUT2D eigenvalue weighted by atomic mass is 16.2. The number of nitrogens with zero attached hydrogens (tertiary/aromatic N) is 2. The fraction of sp³-hybridized carbons (Fsp3) is 0.333. The van der Waals surface area contributed by atoms with Gasteiger partial charge < -0.3 is 5.73 Å². The van der Waals surface area contributed by atoms with Crippen LogP contribution in [-0.2, 0) is 13.6 Å². The van der Waals surface area contributed by atoms with Crippen LogP contribution in [0.3, 0.4) is 0 Å². The van der Waals surface area contributed by atoms with E-state index in [1.807, 2.05) is 13.8 Å². The molecule has 0 saturated heterocycles. The molecule has 0 unspecified atom stereocenters. The zero-order valence-electron chi connectivity index (χ0n) is 12.7. The highest BCUT2D eigenvalue weighted by Crippen LogP contribution is 2.13. The summed E-state index contributed by atoms with van der Waals surface area (Å²) in [6.07, 6.45) is 0. The smallest absolute Gasteiger partial charge is 0.261 e. The number of hydrogen-bond donors (Lipinski definition) is 1. The lowest BCUT2D eigenvalue weighted by atomic mass is 10.1. The van der Waals surface area contributed by atoms with E-state index < -0.39 is 22.2 Å². The van der Waals surface area contributed by atoms with Crippen LogP contribution in [0.1, 0.15) is 13.8 Å². The van der Waals surface area contributed by atoms with Crippen molar-refractivity contribution in [3.05, 3.63) is 53.5 Å². The predicted molar refractivity (Wildman–Crippen MR) is 86.3 cm³/mol. The fourth-order valence-corrected chi connectivity index (χ4v) is 2.48. The molecule has 0 bridgehead atoms. The summed E-state index contributed by atoms with van der Waals surface area (Å²) in [7, 11) is 1.36. The van der Waals surface area contributed by atoms with Gasteiger partial charge in [-0.05, 0) is 12.1 Å². The van der Waals surface area contributed by atoms with E-state index in [0.29, 0.717) is 0 Å². The van der Waals surface area contributed by atoms with Crippen LogP contribution < -0.4 is 28.0 Å². The molecule has 0 spiro atoms. The normalized spacial score (nSPS) is 10.9. The van der Waals surface area contributed by atoms with Crippen molar-refractivity contribution in [1.82, 2.24) is 9.13 Å². The molecule has 2 N–H and O–H groups in total. The second-order valence-corrected chi connectivity index (χ2v) is 4.66. The summed E-state index contributed by atoms with van der Waals surface area (Å²) in [4.78, 5) is 48.0. The topological polar surface area (TPSA) is 104 Å². The lowest BCUT2D eigenvalue weighted by Gasteiger charge is -1.93. The van der Waals surface area contributed by atoms with E-state index in [9.17, 15) is 19.2 Å². The number of nitrogens with two attached hydrogens (primary N) is 1. The number of fused-ring (bicyclic) bond motifs is 2. The zero-order valence-corrected chi connectivity index (χ0v) is 12.7. The minimum atomic E-state index is -0.479. The Hall–Kier alpha value is -2.54. The van der Waals surface area contributed by atoms with Crippen LogP contribution in [0.2, 0.25) is 0 Å². The highest BCUT2D eigenvalue weighted by Gasteiger charge is 2.17. The summed E-state index contributed by atoms with van der Waals surface area (Å²) in [6.45, 7) is 4.27. The Bertz CT molecular complexity index is 970. The van der Waals surface area contributed by atoms with E-state index in [2.05, 4.69) is 0 Å². The number of aromatic nitrogens is 2. The van der Waals surface area contributed by atoms with Gasteiger partial charge >= 0.3 is 0 Å². The van der Waals surface area contributed by atoms with Gasteiger partial charge in [0.2, 0.25) is 0 Å². The molecular formula is C15H17N3O4. The quantitative estimate of drug-likeness (QED) is 0.683. The number of hydrogen-bond acceptors (Lipinski definition) is 5. The molecule has 22 heavy (non-hydrogen) atoms. The average Bonchev–Trinajstić information content (AvgIpc) is 2.90. The van der Waals surface area contributed by atoms with Crippen molar-refractivity contribution in [2.24, 2.45) is 12.8 Å². The Kier molecular flexibility index (Phi) is 4.09. The van der Waals surface area contributed by atoms with Crippen molar-refractivity contribution in [1.29, 1.82) is 0 Å². The zero-order chi connectivity index (χ0) is 16.6. The first kappa shape index (κ1) is 15.8. The molecule has 0 aliphatic heterocycles. The summed E-state index contributed by atoms with van der Waals surface area (Å²) in [5, 5.41) is 0.622. The second-order valence-electron chi connectivity index (χ2n) is 4.66. The number of benzene rings is 1. The monoisotopic (exact) mass is 303 g/mol. The first-order valence-electron chi connectivity index (χ1n) is 7.04. The first-order valence-corrected chi connectivity index (χ1v) is 7.04. The first-order chi connectivity index (χ1) is 10.5. The molecule has 2 heterocycles. The van der Waals surface area contributed by atoms with E-state index in [-0.39, 0.29) is 34.6 Å². The van der Waals surface area contributed by atoms with Crippen LogP contribution in [0.25, 0.3) is 21.5 Å². The van der Waals surface area contributed by atoms with Crippen molar-refractivity contribution in [3.63, 3.8) is 0 Å². The van der Waals surface area contributed by atoms with Crippen molar-refractivity contribution in [3.8, 4) is 0 Å². The Balaban J connectivity index is 0.000000847. The Morgan fingerprint density at radius 1 is 0.818 bits per heavy atom. The van der Waals surface area contributed by atoms with Gasteiger partial charge in [0.05, 0.1) is 21.5 Å². The molecule has 7 heteroatoms. The third-order valence-electron chi connectivity index (χ3n) is 3.53. The van der Waals surface area contributed by atoms with Crippen molar-refractivity contribution >= 4 is 21.5 Å². The average molecular weight is 303 g/mol. The van der Waals surface area contributed by atoms with Gasteiger partial charge in [0.25, 0.3) is 22.2 Å². The molecule has 0 aliphatic carbocycles. The molecule has 1 aromatic carbocycles. The van der Waals surface area contributed by atoms with Crippen LogP contribution in [0.4, 0.5) is 0 Å². The summed E-state index contributed by atoms with van der Waals surface area (Å²) in [5.41, 5.74) is 3.47. The molecule has 3 rings (SSSR count). The lowest BCUT2D eigenvalue weighted by Crippen LogP contribution is -2.28. The standard InChI is InChI=1S/C13H11N3O4.C2H6/c1-15-10(17)6-4-8-9(5-7(6)11(15)18)13(20)16(3-2-14)12(8)19;1-2/h4-5H,2-3,14H2,1H3;1-2H3. The van der Waals surface area contributed by atoms with Gasteiger partial charge in [-0.25, -0.2) is 0 Å². The highest BCUT2D eigenvalue weighted by molar-refractivity contribution is 5.97. The predicted octanol–water partition coefficient (Wildman–Crippen LogP) is -0.566. The molecule has 0 saturated carbocycles. The molecule has 2 aromatic heterocycles. The van der Waals surface area contributed by atoms with Crippen LogP contribution in [0, 0.1) is 0 Å². The van der Waals surface area contributed by atoms with E-state index in [1.54, 1.807) is 0 Å². The van der Waals surface area contributed by atoms with E-state index in [1.165, 1.54) is 19.2 Å². The number of rotatable bonds is 2. The summed E-state index contributed by atoms with van der Waals surface area (Å²) >= 11 is 0. The SMILES string of the molecule is CC.Cn1c(=O)c2cc3c(=O)n(CCN)c(=O)c3cc2c1=O. The molecule has 3 aromatic rings. The largest absolute Gasteiger partial charge is 0.329 e. The molecule has 7 nitrogen and oxygen atoms in total. The fourth-order valence-electron chi connectivity index (χ4n) is 2.48. The van der Waals surface area contributed by atoms with Gasteiger partial charge in [0.15, 0.2) is 0 Å². The van der Waals surface area contributed by atoms with Crippen molar-refractivity contribution in [2.45, 2.75) is 20.4 Å². The van der Waals surface area contributed by atoms with Crippen LogP contribution in [-0.4, -0.2) is 15.7 Å². The maximum Gasteiger partial charge on any atom is 0.261 e. The minimum Gasteiger partial charge on any atom is -0.329 e. The Labute approximate surface area is 124 Å². The molecule has 116 valence electrons. The molecule has 0 aliphatic rings. The molecule has 0 amide bonds. The Morgan fingerprint density at radius 3 is 1.55 bits per heavy atom. The molecular weight excluding hydrogens is 286 g/mol. The van der Waals surface area contributed by atoms with Crippen LogP contribution >= 0.6 is 0 Å². The lowest BCUT2D eigenvalue weighted by molar-refractivity contribution is 0.676. The minimum absolute atomic E-state index is 0.110. The maximum atomic E-state index is 12.1. The van der Waals surface area contributed by atoms with Gasteiger partial charge in [-0.3, -0.25) is 28.3 Å². The van der Waals surface area contributed by atoms with Gasteiger partial charge in [0, 0.05) is 20.1 Å². The summed E-state index contributed by atoms with van der Waals surface area (Å²) in [5.74, 6) is 0. The third kappa shape index (κ3) is 2.01. The van der Waals surface area contributed by atoms with E-state index in [4.69, 9.17) is 5.73 Å². The van der Waals surface area contributed by atoms with Crippen LogP contribution in [0.15, 0.2) is 31.3 Å². The third-order valence-corrected chi connectivity index (χ3v) is 3.53. The van der Waals surface area contributed by atoms with Gasteiger partial charge in [0.1, 0.15) is 0 Å². The van der Waals surface area contributed by atoms with Gasteiger partial charge in [-0.1, -0.05) is 13.8 Å². The second kappa shape index (κ2) is 5.69. The van der Waals surface area contributed by atoms with Crippen molar-refractivity contribution in [2.75, 3.05) is 6.54 Å².